The van der Waals surface area contributed by atoms with Gasteiger partial charge in [0, 0.05) is 35.3 Å². The van der Waals surface area contributed by atoms with Gasteiger partial charge in [-0.15, -0.1) is 11.3 Å². The van der Waals surface area contributed by atoms with Gasteiger partial charge < -0.3 is 20.5 Å². The van der Waals surface area contributed by atoms with Crippen LogP contribution in [0.2, 0.25) is 0 Å². The second-order valence-corrected chi connectivity index (χ2v) is 6.50. The number of phenolic OH excluding ortho intramolecular Hbond substituents is 1. The molecule has 0 spiro atoms. The third kappa shape index (κ3) is 4.42. The number of hydrogen-bond donors (Lipinski definition) is 3. The fourth-order valence-corrected chi connectivity index (χ4v) is 3.15. The molecule has 0 bridgehead atoms. The van der Waals surface area contributed by atoms with Crippen LogP contribution in [-0.4, -0.2) is 29.1 Å². The van der Waals surface area contributed by atoms with Gasteiger partial charge in [0.15, 0.2) is 5.13 Å². The Labute approximate surface area is 159 Å². The van der Waals surface area contributed by atoms with Crippen molar-refractivity contribution in [2.75, 3.05) is 17.7 Å². The minimum atomic E-state index is -0.599. The zero-order chi connectivity index (χ0) is 19.4. The van der Waals surface area contributed by atoms with Gasteiger partial charge in [-0.1, -0.05) is 12.1 Å². The van der Waals surface area contributed by atoms with E-state index in [0.717, 1.165) is 16.9 Å². The number of ether oxygens (including phenoxy) is 1. The first-order chi connectivity index (χ1) is 13.0. The van der Waals surface area contributed by atoms with E-state index in [9.17, 15) is 14.7 Å². The maximum atomic E-state index is 11.5. The first kappa shape index (κ1) is 18.4. The van der Waals surface area contributed by atoms with Crippen LogP contribution in [0.3, 0.4) is 0 Å². The van der Waals surface area contributed by atoms with Crippen molar-refractivity contribution in [1.29, 1.82) is 0 Å². The summed E-state index contributed by atoms with van der Waals surface area (Å²) < 4.78 is 4.60. The maximum Gasteiger partial charge on any atom is 0.341 e. The highest BCUT2D eigenvalue weighted by molar-refractivity contribution is 7.14. The quantitative estimate of drug-likeness (QED) is 0.576. The lowest BCUT2D eigenvalue weighted by molar-refractivity contribution is -0.114. The van der Waals surface area contributed by atoms with Crippen LogP contribution >= 0.6 is 11.3 Å². The largest absolute Gasteiger partial charge is 0.507 e. The molecule has 7 nitrogen and oxygen atoms in total. The van der Waals surface area contributed by atoms with E-state index in [1.807, 2.05) is 29.6 Å². The average Bonchev–Trinajstić information content (AvgIpc) is 3.10. The molecule has 27 heavy (non-hydrogen) atoms. The van der Waals surface area contributed by atoms with Crippen LogP contribution < -0.4 is 10.6 Å². The molecule has 0 fully saturated rings. The molecule has 0 aliphatic carbocycles. The van der Waals surface area contributed by atoms with Crippen molar-refractivity contribution in [1.82, 2.24) is 4.98 Å². The SMILES string of the molecule is COC(=O)c1ccc(Nc2nc(-c3ccc(NC(C)=O)cc3)cs2)cc1O. The van der Waals surface area contributed by atoms with E-state index < -0.39 is 5.97 Å². The molecule has 0 aliphatic rings. The fraction of sp³-hybridized carbons (Fsp3) is 0.105. The number of methoxy groups -OCH3 is 1. The van der Waals surface area contributed by atoms with E-state index in [4.69, 9.17) is 0 Å². The van der Waals surface area contributed by atoms with E-state index in [0.29, 0.717) is 10.8 Å². The van der Waals surface area contributed by atoms with Crippen molar-refractivity contribution in [2.24, 2.45) is 0 Å². The van der Waals surface area contributed by atoms with Gasteiger partial charge in [-0.25, -0.2) is 9.78 Å². The predicted molar refractivity (Wildman–Crippen MR) is 105 cm³/mol. The zero-order valence-electron chi connectivity index (χ0n) is 14.6. The summed E-state index contributed by atoms with van der Waals surface area (Å²) in [5.41, 5.74) is 3.12. The molecule has 3 aromatic rings. The summed E-state index contributed by atoms with van der Waals surface area (Å²) in [4.78, 5) is 27.1. The van der Waals surface area contributed by atoms with Gasteiger partial charge in [0.1, 0.15) is 11.3 Å². The smallest absolute Gasteiger partial charge is 0.341 e. The number of aromatic nitrogens is 1. The Morgan fingerprint density at radius 2 is 1.81 bits per heavy atom. The van der Waals surface area contributed by atoms with Gasteiger partial charge in [0.25, 0.3) is 0 Å². The molecule has 0 radical (unpaired) electrons. The van der Waals surface area contributed by atoms with Crippen molar-refractivity contribution in [3.8, 4) is 17.0 Å². The molecule has 8 heteroatoms. The predicted octanol–water partition coefficient (Wildman–Crippen LogP) is 4.00. The lowest BCUT2D eigenvalue weighted by Crippen LogP contribution is -2.05. The van der Waals surface area contributed by atoms with Crippen molar-refractivity contribution in [3.05, 3.63) is 53.4 Å². The Morgan fingerprint density at radius 1 is 1.11 bits per heavy atom. The molecule has 138 valence electrons. The van der Waals surface area contributed by atoms with Crippen molar-refractivity contribution < 1.29 is 19.4 Å². The first-order valence-corrected chi connectivity index (χ1v) is 8.86. The molecular formula is C19H17N3O4S. The van der Waals surface area contributed by atoms with Crippen LogP contribution in [0.15, 0.2) is 47.8 Å². The number of hydrogen-bond acceptors (Lipinski definition) is 7. The maximum absolute atomic E-state index is 11.5. The number of nitrogens with one attached hydrogen (secondary N) is 2. The van der Waals surface area contributed by atoms with Gasteiger partial charge in [-0.05, 0) is 24.3 Å². The molecule has 3 rings (SSSR count). The first-order valence-electron chi connectivity index (χ1n) is 7.98. The summed E-state index contributed by atoms with van der Waals surface area (Å²) >= 11 is 1.41. The van der Waals surface area contributed by atoms with E-state index >= 15 is 0 Å². The summed E-state index contributed by atoms with van der Waals surface area (Å²) in [6.07, 6.45) is 0. The molecule has 2 aromatic carbocycles. The summed E-state index contributed by atoms with van der Waals surface area (Å²) in [6, 6.07) is 12.0. The van der Waals surface area contributed by atoms with E-state index in [1.54, 1.807) is 6.07 Å². The lowest BCUT2D eigenvalue weighted by Gasteiger charge is -2.06. The second-order valence-electron chi connectivity index (χ2n) is 5.64. The molecule has 0 saturated heterocycles. The molecule has 0 unspecified atom stereocenters. The number of thiazole rings is 1. The summed E-state index contributed by atoms with van der Waals surface area (Å²) in [5, 5.41) is 18.3. The van der Waals surface area contributed by atoms with E-state index in [2.05, 4.69) is 20.4 Å². The number of carbonyl (C=O) groups excluding carboxylic acids is 2. The van der Waals surface area contributed by atoms with Gasteiger partial charge in [0.2, 0.25) is 5.91 Å². The van der Waals surface area contributed by atoms with Crippen LogP contribution in [-0.2, 0) is 9.53 Å². The Bertz CT molecular complexity index is 983. The Morgan fingerprint density at radius 3 is 2.44 bits per heavy atom. The highest BCUT2D eigenvalue weighted by Crippen LogP contribution is 2.30. The average molecular weight is 383 g/mol. The number of aromatic hydroxyl groups is 1. The van der Waals surface area contributed by atoms with Crippen LogP contribution in [0.5, 0.6) is 5.75 Å². The normalized spacial score (nSPS) is 10.3. The lowest BCUT2D eigenvalue weighted by atomic mass is 10.1. The highest BCUT2D eigenvalue weighted by atomic mass is 32.1. The molecule has 0 atom stereocenters. The zero-order valence-corrected chi connectivity index (χ0v) is 15.5. The summed E-state index contributed by atoms with van der Waals surface area (Å²) in [5.74, 6) is -0.889. The Kier molecular flexibility index (Phi) is 5.37. The molecule has 0 aliphatic heterocycles. The van der Waals surface area contributed by atoms with Crippen LogP contribution in [0.4, 0.5) is 16.5 Å². The number of anilines is 3. The van der Waals surface area contributed by atoms with Crippen LogP contribution in [0.1, 0.15) is 17.3 Å². The van der Waals surface area contributed by atoms with Gasteiger partial charge in [0.05, 0.1) is 12.8 Å². The number of esters is 1. The molecule has 0 saturated carbocycles. The molecule has 3 N–H and O–H groups in total. The van der Waals surface area contributed by atoms with Gasteiger partial charge in [-0.3, -0.25) is 4.79 Å². The van der Waals surface area contributed by atoms with Crippen LogP contribution in [0, 0.1) is 0 Å². The monoisotopic (exact) mass is 383 g/mol. The standard InChI is InChI=1S/C19H17N3O4S/c1-11(23)20-13-5-3-12(4-6-13)16-10-27-19(22-16)21-14-7-8-15(17(24)9-14)18(25)26-2/h3-10,24H,1-2H3,(H,20,23)(H,21,22). The number of rotatable bonds is 5. The minimum Gasteiger partial charge on any atom is -0.507 e. The van der Waals surface area contributed by atoms with Gasteiger partial charge in [-0.2, -0.15) is 0 Å². The summed E-state index contributed by atoms with van der Waals surface area (Å²) in [6.45, 7) is 1.46. The number of amides is 1. The minimum absolute atomic E-state index is 0.0992. The number of nitrogens with zero attached hydrogens (tertiary/aromatic N) is 1. The third-order valence-corrected chi connectivity index (χ3v) is 4.42. The van der Waals surface area contributed by atoms with Gasteiger partial charge >= 0.3 is 5.97 Å². The second kappa shape index (κ2) is 7.88. The summed E-state index contributed by atoms with van der Waals surface area (Å²) in [7, 11) is 1.26. The number of benzene rings is 2. The fourth-order valence-electron chi connectivity index (χ4n) is 2.41. The van der Waals surface area contributed by atoms with E-state index in [1.165, 1.54) is 37.5 Å². The molecular weight excluding hydrogens is 366 g/mol. The van der Waals surface area contributed by atoms with Crippen molar-refractivity contribution in [3.63, 3.8) is 0 Å². The van der Waals surface area contributed by atoms with Crippen molar-refractivity contribution in [2.45, 2.75) is 6.92 Å². The van der Waals surface area contributed by atoms with E-state index in [-0.39, 0.29) is 17.2 Å². The Balaban J connectivity index is 1.73. The topological polar surface area (TPSA) is 101 Å². The van der Waals surface area contributed by atoms with Crippen LogP contribution in [0.25, 0.3) is 11.3 Å². The number of carbonyl (C=O) groups is 2. The third-order valence-electron chi connectivity index (χ3n) is 3.66. The molecule has 1 heterocycles. The number of phenols is 1. The van der Waals surface area contributed by atoms with Crippen molar-refractivity contribution >= 4 is 39.7 Å². The molecule has 1 aromatic heterocycles. The Hall–Kier alpha value is -3.39. The molecule has 1 amide bonds. The highest BCUT2D eigenvalue weighted by Gasteiger charge is 2.12.